The van der Waals surface area contributed by atoms with Crippen molar-refractivity contribution >= 4 is 39.8 Å². The van der Waals surface area contributed by atoms with Crippen molar-refractivity contribution in [2.75, 3.05) is 56.2 Å². The minimum absolute atomic E-state index is 0.0604. The number of halogens is 4. The molecule has 2 saturated heterocycles. The summed E-state index contributed by atoms with van der Waals surface area (Å²) in [6.07, 6.45) is -0.224. The number of hydrogen-bond acceptors (Lipinski definition) is 7. The van der Waals surface area contributed by atoms with Gasteiger partial charge in [-0.25, -0.2) is 13.2 Å². The predicted molar refractivity (Wildman–Crippen MR) is 161 cm³/mol. The number of carbonyl (C=O) groups is 1. The molecule has 12 heteroatoms. The van der Waals surface area contributed by atoms with Crippen molar-refractivity contribution in [3.8, 4) is 6.01 Å². The summed E-state index contributed by atoms with van der Waals surface area (Å²) in [5.74, 6) is -1.75. The fourth-order valence-electron chi connectivity index (χ4n) is 6.44. The molecule has 2 aromatic carbocycles. The van der Waals surface area contributed by atoms with Gasteiger partial charge >= 0.3 is 6.01 Å². The van der Waals surface area contributed by atoms with Gasteiger partial charge in [0.25, 0.3) is 12.3 Å². The predicted octanol–water partition coefficient (Wildman–Crippen LogP) is 5.08. The quantitative estimate of drug-likeness (QED) is 0.344. The monoisotopic (exact) mass is 614 g/mol. The number of hydrogen-bond donors (Lipinski definition) is 0. The molecule has 0 bridgehead atoms. The standard InChI is InChI=1S/C31H34ClF3N6O2/c1-19(33)30(42)40-14-15-41(26(17-40)28(34)35)29-22-11-13-39(25-10-4-7-20-6-3-9-23(32)27(20)25)16-24(22)36-31(37-29)43-18-21-8-5-12-38(21)2/h3-4,6-7,9-10,21,26,28H,1,5,8,11-18H2,2H3/t21-,26+/m0/s1. The van der Waals surface area contributed by atoms with Crippen molar-refractivity contribution in [1.29, 1.82) is 0 Å². The Bertz CT molecular complexity index is 1540. The Morgan fingerprint density at radius 1 is 1.14 bits per heavy atom. The van der Waals surface area contributed by atoms with E-state index in [4.69, 9.17) is 26.3 Å². The number of carbonyl (C=O) groups excluding carboxylic acids is 1. The van der Waals surface area contributed by atoms with Gasteiger partial charge in [0, 0.05) is 48.9 Å². The summed E-state index contributed by atoms with van der Waals surface area (Å²) in [6, 6.07) is 10.8. The summed E-state index contributed by atoms with van der Waals surface area (Å²) >= 11 is 6.64. The minimum atomic E-state index is -2.80. The number of anilines is 2. The van der Waals surface area contributed by atoms with Gasteiger partial charge in [0.05, 0.1) is 17.3 Å². The van der Waals surface area contributed by atoms with Gasteiger partial charge in [-0.3, -0.25) is 4.79 Å². The highest BCUT2D eigenvalue weighted by Crippen LogP contribution is 2.38. The third kappa shape index (κ3) is 5.84. The summed E-state index contributed by atoms with van der Waals surface area (Å²) in [5.41, 5.74) is 2.43. The second-order valence-corrected chi connectivity index (χ2v) is 11.8. The number of fused-ring (bicyclic) bond motifs is 2. The maximum absolute atomic E-state index is 14.5. The number of rotatable bonds is 7. The Morgan fingerprint density at radius 3 is 2.65 bits per heavy atom. The third-order valence-electron chi connectivity index (χ3n) is 8.77. The Kier molecular flexibility index (Phi) is 8.37. The highest BCUT2D eigenvalue weighted by molar-refractivity contribution is 6.36. The molecule has 6 rings (SSSR count). The summed E-state index contributed by atoms with van der Waals surface area (Å²) in [5, 5.41) is 2.61. The van der Waals surface area contributed by atoms with Gasteiger partial charge in [-0.05, 0) is 50.4 Å². The molecule has 1 amide bonds. The normalized spacial score (nSPS) is 21.0. The molecule has 0 unspecified atom stereocenters. The molecule has 1 aromatic heterocycles. The summed E-state index contributed by atoms with van der Waals surface area (Å²) in [7, 11) is 2.05. The molecular weight excluding hydrogens is 581 g/mol. The van der Waals surface area contributed by atoms with Crippen molar-refractivity contribution < 1.29 is 22.7 Å². The third-order valence-corrected chi connectivity index (χ3v) is 9.09. The number of nitrogens with zero attached hydrogens (tertiary/aromatic N) is 6. The fourth-order valence-corrected chi connectivity index (χ4v) is 6.72. The first-order valence-corrected chi connectivity index (χ1v) is 14.9. The van der Waals surface area contributed by atoms with E-state index in [-0.39, 0.29) is 31.7 Å². The maximum Gasteiger partial charge on any atom is 0.318 e. The van der Waals surface area contributed by atoms with Crippen LogP contribution in [-0.2, 0) is 17.8 Å². The molecule has 228 valence electrons. The van der Waals surface area contributed by atoms with Crippen LogP contribution in [0, 0.1) is 0 Å². The molecule has 3 aromatic rings. The van der Waals surface area contributed by atoms with Crippen LogP contribution in [-0.4, -0.2) is 90.6 Å². The molecule has 3 aliphatic heterocycles. The smallest absolute Gasteiger partial charge is 0.318 e. The number of alkyl halides is 2. The van der Waals surface area contributed by atoms with Gasteiger partial charge in [0.2, 0.25) is 0 Å². The van der Waals surface area contributed by atoms with Crippen LogP contribution in [0.2, 0.25) is 5.02 Å². The van der Waals surface area contributed by atoms with Gasteiger partial charge in [0.15, 0.2) is 5.83 Å². The number of benzene rings is 2. The molecule has 0 spiro atoms. The van der Waals surface area contributed by atoms with E-state index >= 15 is 0 Å². The highest BCUT2D eigenvalue weighted by atomic mass is 35.5. The second kappa shape index (κ2) is 12.2. The molecule has 0 saturated carbocycles. The zero-order chi connectivity index (χ0) is 30.2. The van der Waals surface area contributed by atoms with E-state index < -0.39 is 24.2 Å². The lowest BCUT2D eigenvalue weighted by molar-refractivity contribution is -0.130. The zero-order valence-corrected chi connectivity index (χ0v) is 24.7. The van der Waals surface area contributed by atoms with E-state index in [1.54, 1.807) is 0 Å². The average Bonchev–Trinajstić information content (AvgIpc) is 3.42. The van der Waals surface area contributed by atoms with Crippen LogP contribution < -0.4 is 14.5 Å². The van der Waals surface area contributed by atoms with E-state index in [1.165, 1.54) is 4.90 Å². The largest absolute Gasteiger partial charge is 0.462 e. The molecule has 2 fully saturated rings. The molecule has 8 nitrogen and oxygen atoms in total. The summed E-state index contributed by atoms with van der Waals surface area (Å²) in [6.45, 7) is 5.20. The number of amides is 1. The van der Waals surface area contributed by atoms with Gasteiger partial charge in [-0.1, -0.05) is 42.4 Å². The van der Waals surface area contributed by atoms with E-state index in [9.17, 15) is 18.0 Å². The van der Waals surface area contributed by atoms with Crippen molar-refractivity contribution in [2.45, 2.75) is 44.3 Å². The van der Waals surface area contributed by atoms with Crippen LogP contribution in [0.1, 0.15) is 24.1 Å². The van der Waals surface area contributed by atoms with Crippen molar-refractivity contribution in [2.24, 2.45) is 0 Å². The van der Waals surface area contributed by atoms with E-state index in [0.717, 1.165) is 46.3 Å². The maximum atomic E-state index is 14.5. The van der Waals surface area contributed by atoms with Gasteiger partial charge in [-0.2, -0.15) is 9.97 Å². The topological polar surface area (TPSA) is 65.0 Å². The molecule has 4 heterocycles. The van der Waals surface area contributed by atoms with Gasteiger partial charge < -0.3 is 24.3 Å². The van der Waals surface area contributed by atoms with E-state index in [1.807, 2.05) is 43.4 Å². The van der Waals surface area contributed by atoms with Crippen LogP contribution >= 0.6 is 11.6 Å². The first-order chi connectivity index (χ1) is 20.7. The molecule has 0 aliphatic carbocycles. The number of ether oxygens (including phenoxy) is 1. The number of piperazine rings is 1. The van der Waals surface area contributed by atoms with Crippen LogP contribution in [0.25, 0.3) is 10.8 Å². The van der Waals surface area contributed by atoms with Crippen LogP contribution in [0.5, 0.6) is 6.01 Å². The Balaban J connectivity index is 1.36. The van der Waals surface area contributed by atoms with E-state index in [0.29, 0.717) is 42.7 Å². The fraction of sp³-hybridized carbons (Fsp3) is 0.452. The lowest BCUT2D eigenvalue weighted by Crippen LogP contribution is -2.58. The first kappa shape index (κ1) is 29.5. The van der Waals surface area contributed by atoms with Crippen LogP contribution in [0.15, 0.2) is 48.8 Å². The van der Waals surface area contributed by atoms with Crippen molar-refractivity contribution in [3.05, 3.63) is 65.1 Å². The van der Waals surface area contributed by atoms with Crippen molar-refractivity contribution in [1.82, 2.24) is 19.8 Å². The molecule has 43 heavy (non-hydrogen) atoms. The Labute approximate surface area is 253 Å². The molecule has 0 radical (unpaired) electrons. The Morgan fingerprint density at radius 2 is 1.93 bits per heavy atom. The van der Waals surface area contributed by atoms with Gasteiger partial charge in [0.1, 0.15) is 18.5 Å². The summed E-state index contributed by atoms with van der Waals surface area (Å²) < 4.78 is 48.7. The lowest BCUT2D eigenvalue weighted by atomic mass is 10.0. The highest BCUT2D eigenvalue weighted by Gasteiger charge is 2.39. The Hall–Kier alpha value is -3.57. The summed E-state index contributed by atoms with van der Waals surface area (Å²) in [4.78, 5) is 28.8. The van der Waals surface area contributed by atoms with E-state index in [2.05, 4.69) is 16.4 Å². The molecule has 3 aliphatic rings. The van der Waals surface area contributed by atoms with Crippen LogP contribution in [0.3, 0.4) is 0 Å². The zero-order valence-electron chi connectivity index (χ0n) is 24.0. The lowest BCUT2D eigenvalue weighted by Gasteiger charge is -2.43. The molecule has 0 N–H and O–H groups in total. The average molecular weight is 615 g/mol. The SMILES string of the molecule is C=C(F)C(=O)N1CCN(c2nc(OC[C@@H]3CCCN3C)nc3c2CCN(c2cccc4cccc(Cl)c24)C3)[C@@H](C(F)F)C1. The molecule has 2 atom stereocenters. The van der Waals surface area contributed by atoms with Crippen LogP contribution in [0.4, 0.5) is 24.7 Å². The number of aromatic nitrogens is 2. The van der Waals surface area contributed by atoms with Crippen molar-refractivity contribution in [3.63, 3.8) is 0 Å². The minimum Gasteiger partial charge on any atom is -0.462 e. The first-order valence-electron chi connectivity index (χ1n) is 14.5. The second-order valence-electron chi connectivity index (χ2n) is 11.4. The number of likely N-dealkylation sites (tertiary alicyclic amines) is 1. The molecular formula is C31H34ClF3N6O2. The number of likely N-dealkylation sites (N-methyl/N-ethyl adjacent to an activating group) is 1. The van der Waals surface area contributed by atoms with Gasteiger partial charge in [-0.15, -0.1) is 0 Å².